The van der Waals surface area contributed by atoms with E-state index in [9.17, 15) is 8.42 Å². The number of aliphatic hydroxyl groups excluding tert-OH is 1. The van der Waals surface area contributed by atoms with Gasteiger partial charge in [0.25, 0.3) is 10.0 Å². The zero-order valence-corrected chi connectivity index (χ0v) is 11.5. The third kappa shape index (κ3) is 3.72. The molecule has 0 radical (unpaired) electrons. The van der Waals surface area contributed by atoms with Crippen LogP contribution in [0.2, 0.25) is 0 Å². The van der Waals surface area contributed by atoms with E-state index in [0.29, 0.717) is 11.4 Å². The number of sulfonamides is 1. The van der Waals surface area contributed by atoms with E-state index in [-0.39, 0.29) is 18.1 Å². The van der Waals surface area contributed by atoms with Crippen LogP contribution in [0.15, 0.2) is 59.5 Å². The Kier molecular flexibility index (Phi) is 4.60. The van der Waals surface area contributed by atoms with E-state index in [1.165, 1.54) is 12.1 Å². The fourth-order valence-electron chi connectivity index (χ4n) is 1.60. The average Bonchev–Trinajstić information content (AvgIpc) is 2.46. The molecule has 2 rings (SSSR count). The summed E-state index contributed by atoms with van der Waals surface area (Å²) in [6.45, 7) is 0.0873. The third-order valence-electron chi connectivity index (χ3n) is 2.52. The molecule has 0 saturated carbocycles. The van der Waals surface area contributed by atoms with Crippen molar-refractivity contribution in [3.8, 4) is 5.75 Å². The van der Waals surface area contributed by atoms with E-state index in [1.54, 1.807) is 36.4 Å². The Morgan fingerprint density at radius 1 is 1.00 bits per heavy atom. The van der Waals surface area contributed by atoms with Crippen LogP contribution in [-0.4, -0.2) is 26.7 Å². The first-order valence-electron chi connectivity index (χ1n) is 6.03. The number of para-hydroxylation sites is 1. The van der Waals surface area contributed by atoms with E-state index in [2.05, 4.69) is 4.72 Å². The Labute approximate surface area is 117 Å². The van der Waals surface area contributed by atoms with Gasteiger partial charge in [0.1, 0.15) is 12.4 Å². The van der Waals surface area contributed by atoms with E-state index in [1.807, 2.05) is 6.07 Å². The summed E-state index contributed by atoms with van der Waals surface area (Å²) in [7, 11) is -3.61. The third-order valence-corrected chi connectivity index (χ3v) is 3.92. The average molecular weight is 293 g/mol. The van der Waals surface area contributed by atoms with Crippen LogP contribution in [0.1, 0.15) is 0 Å². The van der Waals surface area contributed by atoms with Crippen LogP contribution in [0.5, 0.6) is 5.75 Å². The fraction of sp³-hybridized carbons (Fsp3) is 0.143. The summed E-state index contributed by atoms with van der Waals surface area (Å²) in [6.07, 6.45) is 0. The highest BCUT2D eigenvalue weighted by Crippen LogP contribution is 2.19. The minimum Gasteiger partial charge on any atom is -0.491 e. The SMILES string of the molecule is O=S(=O)(Nc1ccccc1)c1ccc(OCCO)cc1. The van der Waals surface area contributed by atoms with Gasteiger partial charge in [0, 0.05) is 5.69 Å². The molecule has 2 aromatic rings. The normalized spacial score (nSPS) is 11.1. The number of rotatable bonds is 6. The van der Waals surface area contributed by atoms with Gasteiger partial charge in [-0.05, 0) is 36.4 Å². The Morgan fingerprint density at radius 2 is 1.65 bits per heavy atom. The predicted octanol–water partition coefficient (Wildman–Crippen LogP) is 1.86. The molecular formula is C14H15NO4S. The van der Waals surface area contributed by atoms with Gasteiger partial charge in [0.2, 0.25) is 0 Å². The minimum atomic E-state index is -3.61. The first-order valence-corrected chi connectivity index (χ1v) is 7.52. The Bertz CT molecular complexity index is 639. The van der Waals surface area contributed by atoms with Gasteiger partial charge >= 0.3 is 0 Å². The van der Waals surface area contributed by atoms with Crippen molar-refractivity contribution < 1.29 is 18.3 Å². The molecule has 0 aromatic heterocycles. The molecule has 6 heteroatoms. The molecule has 0 aliphatic heterocycles. The first kappa shape index (κ1) is 14.4. The highest BCUT2D eigenvalue weighted by Gasteiger charge is 2.13. The van der Waals surface area contributed by atoms with Crippen LogP contribution >= 0.6 is 0 Å². The molecule has 2 aromatic carbocycles. The standard InChI is InChI=1S/C14H15NO4S/c16-10-11-19-13-6-8-14(9-7-13)20(17,18)15-12-4-2-1-3-5-12/h1-9,15-16H,10-11H2. The molecule has 20 heavy (non-hydrogen) atoms. The molecule has 0 spiro atoms. The van der Waals surface area contributed by atoms with Gasteiger partial charge in [0.15, 0.2) is 0 Å². The lowest BCUT2D eigenvalue weighted by Gasteiger charge is -2.09. The lowest BCUT2D eigenvalue weighted by atomic mass is 10.3. The highest BCUT2D eigenvalue weighted by molar-refractivity contribution is 7.92. The van der Waals surface area contributed by atoms with Crippen molar-refractivity contribution in [3.05, 3.63) is 54.6 Å². The maximum Gasteiger partial charge on any atom is 0.261 e. The number of ether oxygens (including phenoxy) is 1. The Hall–Kier alpha value is -2.05. The van der Waals surface area contributed by atoms with Crippen molar-refractivity contribution in [2.45, 2.75) is 4.90 Å². The molecular weight excluding hydrogens is 278 g/mol. The number of benzene rings is 2. The molecule has 0 heterocycles. The largest absolute Gasteiger partial charge is 0.491 e. The van der Waals surface area contributed by atoms with Gasteiger partial charge in [-0.3, -0.25) is 4.72 Å². The Balaban J connectivity index is 2.13. The second kappa shape index (κ2) is 6.40. The molecule has 0 amide bonds. The summed E-state index contributed by atoms with van der Waals surface area (Å²) in [6, 6.07) is 14.7. The summed E-state index contributed by atoms with van der Waals surface area (Å²) in [5, 5.41) is 8.64. The van der Waals surface area contributed by atoms with Crippen molar-refractivity contribution in [2.24, 2.45) is 0 Å². The van der Waals surface area contributed by atoms with Crippen LogP contribution in [-0.2, 0) is 10.0 Å². The first-order chi connectivity index (χ1) is 9.62. The van der Waals surface area contributed by atoms with Crippen molar-refractivity contribution >= 4 is 15.7 Å². The fourth-order valence-corrected chi connectivity index (χ4v) is 2.66. The Morgan fingerprint density at radius 3 is 2.25 bits per heavy atom. The van der Waals surface area contributed by atoms with Crippen molar-refractivity contribution in [1.82, 2.24) is 0 Å². The number of hydrogen-bond acceptors (Lipinski definition) is 4. The van der Waals surface area contributed by atoms with E-state index >= 15 is 0 Å². The van der Waals surface area contributed by atoms with Gasteiger partial charge in [-0.2, -0.15) is 0 Å². The maximum atomic E-state index is 12.1. The summed E-state index contributed by atoms with van der Waals surface area (Å²) < 4.78 is 31.9. The molecule has 106 valence electrons. The topological polar surface area (TPSA) is 75.6 Å². The van der Waals surface area contributed by atoms with Gasteiger partial charge < -0.3 is 9.84 Å². The van der Waals surface area contributed by atoms with Gasteiger partial charge in [-0.1, -0.05) is 18.2 Å². The van der Waals surface area contributed by atoms with Crippen LogP contribution < -0.4 is 9.46 Å². The van der Waals surface area contributed by atoms with Crippen LogP contribution in [0.25, 0.3) is 0 Å². The van der Waals surface area contributed by atoms with E-state index in [4.69, 9.17) is 9.84 Å². The quantitative estimate of drug-likeness (QED) is 0.852. The molecule has 0 unspecified atom stereocenters. The molecule has 0 aliphatic rings. The van der Waals surface area contributed by atoms with E-state index < -0.39 is 10.0 Å². The van der Waals surface area contributed by atoms with Crippen LogP contribution in [0, 0.1) is 0 Å². The molecule has 0 atom stereocenters. The van der Waals surface area contributed by atoms with E-state index in [0.717, 1.165) is 0 Å². The summed E-state index contributed by atoms with van der Waals surface area (Å²) >= 11 is 0. The lowest BCUT2D eigenvalue weighted by Crippen LogP contribution is -2.12. The zero-order chi connectivity index (χ0) is 14.4. The molecule has 0 bridgehead atoms. The van der Waals surface area contributed by atoms with Gasteiger partial charge in [0.05, 0.1) is 11.5 Å². The second-order valence-electron chi connectivity index (χ2n) is 4.01. The van der Waals surface area contributed by atoms with Crippen molar-refractivity contribution in [1.29, 1.82) is 0 Å². The maximum absolute atomic E-state index is 12.1. The van der Waals surface area contributed by atoms with Gasteiger partial charge in [-0.15, -0.1) is 0 Å². The van der Waals surface area contributed by atoms with Gasteiger partial charge in [-0.25, -0.2) is 8.42 Å². The molecule has 0 fully saturated rings. The van der Waals surface area contributed by atoms with Crippen molar-refractivity contribution in [2.75, 3.05) is 17.9 Å². The zero-order valence-electron chi connectivity index (χ0n) is 10.7. The smallest absolute Gasteiger partial charge is 0.261 e. The van der Waals surface area contributed by atoms with Crippen molar-refractivity contribution in [3.63, 3.8) is 0 Å². The summed E-state index contributed by atoms with van der Waals surface area (Å²) in [4.78, 5) is 0.151. The molecule has 0 aliphatic carbocycles. The number of hydrogen-bond donors (Lipinski definition) is 2. The molecule has 0 saturated heterocycles. The summed E-state index contributed by atoms with van der Waals surface area (Å²) in [5.74, 6) is 0.512. The number of anilines is 1. The second-order valence-corrected chi connectivity index (χ2v) is 5.70. The monoisotopic (exact) mass is 293 g/mol. The minimum absolute atomic E-state index is 0.0877. The molecule has 5 nitrogen and oxygen atoms in total. The number of nitrogens with one attached hydrogen (secondary N) is 1. The molecule has 2 N–H and O–H groups in total. The highest BCUT2D eigenvalue weighted by atomic mass is 32.2. The van der Waals surface area contributed by atoms with Crippen LogP contribution in [0.3, 0.4) is 0 Å². The number of aliphatic hydroxyl groups is 1. The summed E-state index contributed by atoms with van der Waals surface area (Å²) in [5.41, 5.74) is 0.508. The lowest BCUT2D eigenvalue weighted by molar-refractivity contribution is 0.201. The predicted molar refractivity (Wildman–Crippen MR) is 76.3 cm³/mol. The van der Waals surface area contributed by atoms with Crippen LogP contribution in [0.4, 0.5) is 5.69 Å².